The molecule has 1 rings (SSSR count). The normalized spacial score (nSPS) is 8.86. The number of hydrogen-bond donors (Lipinski definition) is 1. The summed E-state index contributed by atoms with van der Waals surface area (Å²) in [6.07, 6.45) is 4.38. The van der Waals surface area contributed by atoms with Crippen molar-refractivity contribution in [2.75, 3.05) is 11.9 Å². The molecule has 0 atom stereocenters. The number of halogens is 1. The van der Waals surface area contributed by atoms with Crippen LogP contribution in [0, 0.1) is 12.3 Å². The van der Waals surface area contributed by atoms with Crippen molar-refractivity contribution in [3.63, 3.8) is 0 Å². The molecule has 1 amide bonds. The van der Waals surface area contributed by atoms with Gasteiger partial charge >= 0.3 is 6.09 Å². The van der Waals surface area contributed by atoms with Crippen LogP contribution in [-0.2, 0) is 4.74 Å². The highest BCUT2D eigenvalue weighted by Gasteiger charge is 2.01. The number of ether oxygens (including phenoxy) is 1. The van der Waals surface area contributed by atoms with E-state index in [0.29, 0.717) is 5.69 Å². The Morgan fingerprint density at radius 1 is 1.64 bits per heavy atom. The Balaban J connectivity index is 2.53. The number of nitrogens with one attached hydrogen (secondary N) is 1. The van der Waals surface area contributed by atoms with Gasteiger partial charge in [0.15, 0.2) is 6.61 Å². The summed E-state index contributed by atoms with van der Waals surface area (Å²) >= 11 is 3.28. The van der Waals surface area contributed by atoms with Gasteiger partial charge in [-0.05, 0) is 18.2 Å². The summed E-state index contributed by atoms with van der Waals surface area (Å²) in [4.78, 5) is 11.0. The van der Waals surface area contributed by atoms with Crippen LogP contribution >= 0.6 is 15.9 Å². The van der Waals surface area contributed by atoms with E-state index in [1.54, 1.807) is 18.2 Å². The minimum Gasteiger partial charge on any atom is -0.436 e. The SMILES string of the molecule is C#CCOC(=O)Nc1cccc(Br)c1. The molecule has 0 heterocycles. The van der Waals surface area contributed by atoms with Crippen LogP contribution < -0.4 is 5.32 Å². The largest absolute Gasteiger partial charge is 0.436 e. The zero-order valence-corrected chi connectivity index (χ0v) is 8.87. The fraction of sp³-hybridized carbons (Fsp3) is 0.100. The highest BCUT2D eigenvalue weighted by molar-refractivity contribution is 9.10. The summed E-state index contributed by atoms with van der Waals surface area (Å²) in [6.45, 7) is -0.0279. The lowest BCUT2D eigenvalue weighted by Crippen LogP contribution is -2.13. The molecule has 0 aliphatic heterocycles. The van der Waals surface area contributed by atoms with Gasteiger partial charge in [0.2, 0.25) is 0 Å². The van der Waals surface area contributed by atoms with Crippen molar-refractivity contribution in [1.82, 2.24) is 0 Å². The van der Waals surface area contributed by atoms with Gasteiger partial charge < -0.3 is 4.74 Å². The van der Waals surface area contributed by atoms with Crippen LogP contribution in [-0.4, -0.2) is 12.7 Å². The van der Waals surface area contributed by atoms with Gasteiger partial charge in [0, 0.05) is 10.2 Å². The average molecular weight is 254 g/mol. The molecule has 1 aromatic rings. The number of anilines is 1. The van der Waals surface area contributed by atoms with E-state index in [0.717, 1.165) is 4.47 Å². The molecule has 0 fully saturated rings. The van der Waals surface area contributed by atoms with Crippen molar-refractivity contribution in [2.45, 2.75) is 0 Å². The smallest absolute Gasteiger partial charge is 0.412 e. The molecule has 0 saturated heterocycles. The average Bonchev–Trinajstić information content (AvgIpc) is 2.15. The van der Waals surface area contributed by atoms with Crippen LogP contribution in [0.5, 0.6) is 0 Å². The van der Waals surface area contributed by atoms with Crippen molar-refractivity contribution in [1.29, 1.82) is 0 Å². The van der Waals surface area contributed by atoms with Gasteiger partial charge in [0.05, 0.1) is 0 Å². The third-order valence-corrected chi connectivity index (χ3v) is 1.85. The summed E-state index contributed by atoms with van der Waals surface area (Å²) in [5, 5.41) is 2.53. The molecule has 1 N–H and O–H groups in total. The molecule has 0 radical (unpaired) electrons. The summed E-state index contributed by atoms with van der Waals surface area (Å²) in [7, 11) is 0. The second kappa shape index (κ2) is 5.30. The number of carbonyl (C=O) groups excluding carboxylic acids is 1. The number of terminal acetylenes is 1. The molecule has 0 aromatic heterocycles. The summed E-state index contributed by atoms with van der Waals surface area (Å²) in [5.74, 6) is 2.20. The molecular formula is C10H8BrNO2. The molecule has 0 aliphatic carbocycles. The molecule has 14 heavy (non-hydrogen) atoms. The predicted octanol–water partition coefficient (Wildman–Crippen LogP) is 2.63. The van der Waals surface area contributed by atoms with Crippen molar-refractivity contribution in [3.05, 3.63) is 28.7 Å². The molecule has 0 aliphatic rings. The van der Waals surface area contributed by atoms with E-state index in [1.165, 1.54) is 0 Å². The van der Waals surface area contributed by atoms with Gasteiger partial charge in [-0.25, -0.2) is 4.79 Å². The zero-order valence-electron chi connectivity index (χ0n) is 7.29. The molecule has 1 aromatic carbocycles. The van der Waals surface area contributed by atoms with Crippen LogP contribution in [0.3, 0.4) is 0 Å². The van der Waals surface area contributed by atoms with E-state index in [1.807, 2.05) is 6.07 Å². The Hall–Kier alpha value is -1.47. The first-order valence-electron chi connectivity index (χ1n) is 3.85. The summed E-state index contributed by atoms with van der Waals surface area (Å²) < 4.78 is 5.52. The number of rotatable bonds is 2. The number of hydrogen-bond acceptors (Lipinski definition) is 2. The molecule has 0 spiro atoms. The first-order chi connectivity index (χ1) is 6.72. The van der Waals surface area contributed by atoms with Gasteiger partial charge in [-0.2, -0.15) is 0 Å². The molecule has 4 heteroatoms. The Labute approximate surface area is 90.6 Å². The Bertz CT molecular complexity index is 371. The van der Waals surface area contributed by atoms with Gasteiger partial charge in [0.25, 0.3) is 0 Å². The van der Waals surface area contributed by atoms with Gasteiger partial charge in [-0.3, -0.25) is 5.32 Å². The Kier molecular flexibility index (Phi) is 4.02. The van der Waals surface area contributed by atoms with E-state index in [4.69, 9.17) is 6.42 Å². The fourth-order valence-corrected chi connectivity index (χ4v) is 1.23. The second-order valence-electron chi connectivity index (χ2n) is 2.42. The van der Waals surface area contributed by atoms with Gasteiger partial charge in [-0.1, -0.05) is 27.9 Å². The van der Waals surface area contributed by atoms with E-state index >= 15 is 0 Å². The fourth-order valence-electron chi connectivity index (χ4n) is 0.827. The molecule has 72 valence electrons. The Morgan fingerprint density at radius 3 is 3.07 bits per heavy atom. The minimum absolute atomic E-state index is 0.0279. The third kappa shape index (κ3) is 3.50. The van der Waals surface area contributed by atoms with Crippen LogP contribution in [0.25, 0.3) is 0 Å². The first kappa shape index (κ1) is 10.6. The van der Waals surface area contributed by atoms with Crippen molar-refractivity contribution >= 4 is 27.7 Å². The first-order valence-corrected chi connectivity index (χ1v) is 4.64. The quantitative estimate of drug-likeness (QED) is 0.824. The lowest BCUT2D eigenvalue weighted by Gasteiger charge is -2.04. The third-order valence-electron chi connectivity index (χ3n) is 1.36. The highest BCUT2D eigenvalue weighted by Crippen LogP contribution is 2.15. The van der Waals surface area contributed by atoms with Gasteiger partial charge in [-0.15, -0.1) is 6.42 Å². The zero-order chi connectivity index (χ0) is 10.4. The predicted molar refractivity (Wildman–Crippen MR) is 57.9 cm³/mol. The van der Waals surface area contributed by atoms with Crippen LogP contribution in [0.15, 0.2) is 28.7 Å². The number of carbonyl (C=O) groups is 1. The van der Waals surface area contributed by atoms with E-state index in [9.17, 15) is 4.79 Å². The molecular weight excluding hydrogens is 246 g/mol. The number of amides is 1. The maximum atomic E-state index is 11.0. The van der Waals surface area contributed by atoms with E-state index in [2.05, 4.69) is 31.9 Å². The second-order valence-corrected chi connectivity index (χ2v) is 3.33. The van der Waals surface area contributed by atoms with Crippen molar-refractivity contribution in [2.24, 2.45) is 0 Å². The van der Waals surface area contributed by atoms with Crippen molar-refractivity contribution in [3.8, 4) is 12.3 Å². The molecule has 0 unspecified atom stereocenters. The van der Waals surface area contributed by atoms with Crippen LogP contribution in [0.1, 0.15) is 0 Å². The van der Waals surface area contributed by atoms with Crippen LogP contribution in [0.2, 0.25) is 0 Å². The number of benzene rings is 1. The minimum atomic E-state index is -0.555. The Morgan fingerprint density at radius 2 is 2.43 bits per heavy atom. The topological polar surface area (TPSA) is 38.3 Å². The summed E-state index contributed by atoms with van der Waals surface area (Å²) in [6, 6.07) is 7.18. The molecule has 0 bridgehead atoms. The maximum absolute atomic E-state index is 11.0. The summed E-state index contributed by atoms with van der Waals surface area (Å²) in [5.41, 5.74) is 0.654. The van der Waals surface area contributed by atoms with Gasteiger partial charge in [0.1, 0.15) is 0 Å². The van der Waals surface area contributed by atoms with E-state index < -0.39 is 6.09 Å². The highest BCUT2D eigenvalue weighted by atomic mass is 79.9. The monoisotopic (exact) mass is 253 g/mol. The maximum Gasteiger partial charge on any atom is 0.412 e. The van der Waals surface area contributed by atoms with E-state index in [-0.39, 0.29) is 6.61 Å². The molecule has 3 nitrogen and oxygen atoms in total. The van der Waals surface area contributed by atoms with Crippen molar-refractivity contribution < 1.29 is 9.53 Å². The molecule has 0 saturated carbocycles. The lowest BCUT2D eigenvalue weighted by molar-refractivity contribution is 0.176. The standard InChI is InChI=1S/C10H8BrNO2/c1-2-6-14-10(13)12-9-5-3-4-8(11)7-9/h1,3-5,7H,6H2,(H,12,13). The van der Waals surface area contributed by atoms with Crippen LogP contribution in [0.4, 0.5) is 10.5 Å². The lowest BCUT2D eigenvalue weighted by atomic mass is 10.3.